The summed E-state index contributed by atoms with van der Waals surface area (Å²) in [5.74, 6) is 0. The van der Waals surface area contributed by atoms with E-state index in [0.29, 0.717) is 0 Å². The van der Waals surface area contributed by atoms with Crippen LogP contribution in [-0.2, 0) is 0 Å². The van der Waals surface area contributed by atoms with E-state index < -0.39 is 8.07 Å². The van der Waals surface area contributed by atoms with Gasteiger partial charge in [0, 0.05) is 22.0 Å². The number of aromatic nitrogens is 2. The predicted molar refractivity (Wildman–Crippen MR) is 184 cm³/mol. The molecule has 0 aliphatic rings. The normalized spacial score (nSPS) is 11.7. The van der Waals surface area contributed by atoms with Gasteiger partial charge in [-0.3, -0.25) is 0 Å². The minimum absolute atomic E-state index is 1.17. The molecule has 0 N–H and O–H groups in total. The fourth-order valence-corrected chi connectivity index (χ4v) is 11.9. The Morgan fingerprint density at radius 2 is 0.651 bits per heavy atom. The van der Waals surface area contributed by atoms with Crippen molar-refractivity contribution in [3.05, 3.63) is 182 Å². The summed E-state index contributed by atoms with van der Waals surface area (Å²) in [4.78, 5) is 0. The van der Waals surface area contributed by atoms with Crippen LogP contribution in [0.1, 0.15) is 0 Å². The monoisotopic (exact) mass is 566 g/mol. The number of hydrogen-bond acceptors (Lipinski definition) is 0. The molecule has 2 heterocycles. The molecule has 0 unspecified atom stereocenters. The number of hydrogen-bond donors (Lipinski definition) is 0. The molecule has 0 radical (unpaired) electrons. The molecule has 204 valence electrons. The zero-order valence-corrected chi connectivity index (χ0v) is 24.7. The smallest absolute Gasteiger partial charge is 0.218 e. The quantitative estimate of drug-likeness (QED) is 0.193. The van der Waals surface area contributed by atoms with Crippen molar-refractivity contribution in [3.8, 4) is 11.4 Å². The molecule has 3 heteroatoms. The van der Waals surface area contributed by atoms with Crippen LogP contribution < -0.4 is 21.0 Å². The van der Waals surface area contributed by atoms with E-state index in [1.165, 1.54) is 54.2 Å². The standard InChI is InChI=1S/C40H30N2Si/c1-5-19-33(20-6-1)41-37-27-15-13-17-31(37)29-39(41)43(35-23-9-3-10-24-35,36-25-11-4-12-26-36)40-30-32-18-14-16-28-38(32)42(40)34-21-7-2-8-22-34/h1-30H. The first-order chi connectivity index (χ1) is 21.4. The highest BCUT2D eigenvalue weighted by Gasteiger charge is 2.47. The molecule has 0 saturated carbocycles. The maximum absolute atomic E-state index is 2.99. The number of fused-ring (bicyclic) bond motifs is 2. The lowest BCUT2D eigenvalue weighted by atomic mass is 10.2. The van der Waals surface area contributed by atoms with Gasteiger partial charge in [-0.2, -0.15) is 0 Å². The second-order valence-electron chi connectivity index (χ2n) is 11.0. The van der Waals surface area contributed by atoms with Crippen LogP contribution >= 0.6 is 0 Å². The summed E-state index contributed by atoms with van der Waals surface area (Å²) < 4.78 is 5.04. The second kappa shape index (κ2) is 10.5. The van der Waals surface area contributed by atoms with E-state index >= 15 is 0 Å². The Morgan fingerprint density at radius 1 is 0.326 bits per heavy atom. The Labute approximate surface area is 252 Å². The van der Waals surface area contributed by atoms with Gasteiger partial charge < -0.3 is 9.13 Å². The molecule has 0 aliphatic heterocycles. The van der Waals surface area contributed by atoms with Crippen molar-refractivity contribution in [2.24, 2.45) is 0 Å². The molecule has 0 atom stereocenters. The Balaban J connectivity index is 1.63. The number of rotatable bonds is 6. The first-order valence-corrected chi connectivity index (χ1v) is 16.8. The van der Waals surface area contributed by atoms with Crippen molar-refractivity contribution in [1.82, 2.24) is 9.13 Å². The van der Waals surface area contributed by atoms with Gasteiger partial charge in [0.2, 0.25) is 8.07 Å². The van der Waals surface area contributed by atoms with Crippen molar-refractivity contribution in [1.29, 1.82) is 0 Å². The topological polar surface area (TPSA) is 9.86 Å². The van der Waals surface area contributed by atoms with Gasteiger partial charge in [0.1, 0.15) is 0 Å². The molecule has 6 aromatic carbocycles. The highest BCUT2D eigenvalue weighted by atomic mass is 28.3. The van der Waals surface area contributed by atoms with Crippen molar-refractivity contribution in [2.45, 2.75) is 0 Å². The number of nitrogens with zero attached hydrogens (tertiary/aromatic N) is 2. The highest BCUT2D eigenvalue weighted by molar-refractivity contribution is 7.19. The van der Waals surface area contributed by atoms with E-state index in [4.69, 9.17) is 0 Å². The Hall–Kier alpha value is -5.38. The van der Waals surface area contributed by atoms with Gasteiger partial charge in [0.05, 0.1) is 11.0 Å². The Bertz CT molecular complexity index is 2000. The molecular weight excluding hydrogens is 537 g/mol. The number of benzene rings is 6. The Morgan fingerprint density at radius 3 is 1.05 bits per heavy atom. The van der Waals surface area contributed by atoms with Crippen LogP contribution in [0.5, 0.6) is 0 Å². The summed E-state index contributed by atoms with van der Waals surface area (Å²) in [5.41, 5.74) is 4.78. The first kappa shape index (κ1) is 25.3. The van der Waals surface area contributed by atoms with E-state index in [0.717, 1.165) is 0 Å². The minimum atomic E-state index is -2.99. The zero-order valence-electron chi connectivity index (χ0n) is 23.7. The molecule has 0 aliphatic carbocycles. The Kier molecular flexibility index (Phi) is 6.17. The second-order valence-corrected chi connectivity index (χ2v) is 14.7. The van der Waals surface area contributed by atoms with Crippen LogP contribution in [0.4, 0.5) is 0 Å². The molecule has 0 fully saturated rings. The summed E-state index contributed by atoms with van der Waals surface area (Å²) in [6, 6.07) is 66.7. The van der Waals surface area contributed by atoms with Gasteiger partial charge in [-0.15, -0.1) is 0 Å². The highest BCUT2D eigenvalue weighted by Crippen LogP contribution is 2.26. The molecule has 8 rings (SSSR count). The van der Waals surface area contributed by atoms with E-state index in [-0.39, 0.29) is 0 Å². The van der Waals surface area contributed by atoms with Gasteiger partial charge in [-0.1, -0.05) is 133 Å². The average Bonchev–Trinajstić information content (AvgIpc) is 3.67. The van der Waals surface area contributed by atoms with Crippen LogP contribution in [0.3, 0.4) is 0 Å². The van der Waals surface area contributed by atoms with Crippen LogP contribution in [0.15, 0.2) is 182 Å². The third-order valence-corrected chi connectivity index (χ3v) is 13.3. The van der Waals surface area contributed by atoms with Crippen molar-refractivity contribution in [2.75, 3.05) is 0 Å². The molecule has 0 bridgehead atoms. The lowest BCUT2D eigenvalue weighted by Gasteiger charge is -2.35. The van der Waals surface area contributed by atoms with Crippen molar-refractivity contribution >= 4 is 50.9 Å². The summed E-state index contributed by atoms with van der Waals surface area (Å²) in [5, 5.41) is 7.84. The predicted octanol–water partition coefficient (Wildman–Crippen LogP) is 6.95. The third-order valence-electron chi connectivity index (χ3n) is 8.63. The lowest BCUT2D eigenvalue weighted by Crippen LogP contribution is -2.77. The van der Waals surface area contributed by atoms with Crippen LogP contribution in [0, 0.1) is 0 Å². The van der Waals surface area contributed by atoms with Gasteiger partial charge in [-0.25, -0.2) is 0 Å². The molecule has 0 amide bonds. The van der Waals surface area contributed by atoms with E-state index in [1.54, 1.807) is 0 Å². The van der Waals surface area contributed by atoms with Gasteiger partial charge in [0.25, 0.3) is 0 Å². The maximum Gasteiger partial charge on any atom is 0.218 e. The fraction of sp³-hybridized carbons (Fsp3) is 0. The first-order valence-electron chi connectivity index (χ1n) is 14.8. The van der Waals surface area contributed by atoms with Gasteiger partial charge in [-0.05, 0) is 69.7 Å². The van der Waals surface area contributed by atoms with Crippen LogP contribution in [-0.4, -0.2) is 17.2 Å². The molecule has 43 heavy (non-hydrogen) atoms. The van der Waals surface area contributed by atoms with Crippen molar-refractivity contribution in [3.63, 3.8) is 0 Å². The largest absolute Gasteiger partial charge is 0.316 e. The zero-order chi connectivity index (χ0) is 28.6. The van der Waals surface area contributed by atoms with Crippen LogP contribution in [0.2, 0.25) is 0 Å². The summed E-state index contributed by atoms with van der Waals surface area (Å²) >= 11 is 0. The van der Waals surface area contributed by atoms with Gasteiger partial charge in [0.15, 0.2) is 0 Å². The summed E-state index contributed by atoms with van der Waals surface area (Å²) in [6.45, 7) is 0. The SMILES string of the molecule is c1ccc(-n2c([Si](c3ccccc3)(c3ccccc3)c3cc4ccccc4n3-c3ccccc3)cc3ccccc32)cc1. The third kappa shape index (κ3) is 4.01. The molecule has 2 nitrogen and oxygen atoms in total. The molecule has 8 aromatic rings. The van der Waals surface area contributed by atoms with E-state index in [9.17, 15) is 0 Å². The lowest BCUT2D eigenvalue weighted by molar-refractivity contribution is 1.14. The average molecular weight is 567 g/mol. The molecule has 0 spiro atoms. The molecule has 2 aromatic heterocycles. The van der Waals surface area contributed by atoms with Crippen LogP contribution in [0.25, 0.3) is 33.2 Å². The molecule has 0 saturated heterocycles. The van der Waals surface area contributed by atoms with E-state index in [2.05, 4.69) is 191 Å². The van der Waals surface area contributed by atoms with E-state index in [1.807, 2.05) is 0 Å². The maximum atomic E-state index is 2.52. The number of para-hydroxylation sites is 4. The summed E-state index contributed by atoms with van der Waals surface area (Å²) in [7, 11) is -2.99. The fourth-order valence-electron chi connectivity index (χ4n) is 6.84. The van der Waals surface area contributed by atoms with Gasteiger partial charge >= 0.3 is 0 Å². The van der Waals surface area contributed by atoms with Crippen molar-refractivity contribution < 1.29 is 0 Å². The summed E-state index contributed by atoms with van der Waals surface area (Å²) in [6.07, 6.45) is 0. The minimum Gasteiger partial charge on any atom is -0.316 e. The molecular formula is C40H30N2Si.